The molecule has 1 fully saturated rings. The van der Waals surface area contributed by atoms with E-state index < -0.39 is 0 Å². The molecular weight excluding hydrogens is 408 g/mol. The van der Waals surface area contributed by atoms with Gasteiger partial charge in [-0.05, 0) is 70.3 Å². The number of hydrogen-bond acceptors (Lipinski definition) is 3. The molecule has 1 amide bonds. The van der Waals surface area contributed by atoms with Gasteiger partial charge in [0.25, 0.3) is 0 Å². The van der Waals surface area contributed by atoms with Crippen LogP contribution in [0.4, 0.5) is 0 Å². The van der Waals surface area contributed by atoms with E-state index in [1.165, 1.54) is 5.56 Å². The Morgan fingerprint density at radius 1 is 1.03 bits per heavy atom. The van der Waals surface area contributed by atoms with Gasteiger partial charge in [-0.3, -0.25) is 9.59 Å². The third-order valence-corrected chi connectivity index (χ3v) is 6.79. The van der Waals surface area contributed by atoms with Gasteiger partial charge in [-0.15, -0.1) is 0 Å². The Morgan fingerprint density at radius 2 is 1.74 bits per heavy atom. The summed E-state index contributed by atoms with van der Waals surface area (Å²) in [5.74, 6) is 0.154. The van der Waals surface area contributed by atoms with Crippen molar-refractivity contribution >= 4 is 23.3 Å². The summed E-state index contributed by atoms with van der Waals surface area (Å²) in [5, 5.41) is 3.97. The van der Waals surface area contributed by atoms with E-state index in [2.05, 4.69) is 36.4 Å². The van der Waals surface area contributed by atoms with Crippen molar-refractivity contribution in [3.8, 4) is 0 Å². The van der Waals surface area contributed by atoms with Crippen LogP contribution >= 0.6 is 11.6 Å². The number of carbonyl (C=O) groups excluding carboxylic acids is 2. The zero-order chi connectivity index (χ0) is 22.3. The summed E-state index contributed by atoms with van der Waals surface area (Å²) < 4.78 is 0. The van der Waals surface area contributed by atoms with Crippen molar-refractivity contribution in [2.75, 3.05) is 14.1 Å². The van der Waals surface area contributed by atoms with Crippen LogP contribution in [0, 0.1) is 0 Å². The van der Waals surface area contributed by atoms with Crippen LogP contribution in [-0.4, -0.2) is 42.3 Å². The Kier molecular flexibility index (Phi) is 8.28. The van der Waals surface area contributed by atoms with Crippen LogP contribution in [0.1, 0.15) is 60.9 Å². The average Bonchev–Trinajstić information content (AvgIpc) is 2.75. The first-order valence-electron chi connectivity index (χ1n) is 11.2. The molecule has 166 valence electrons. The highest BCUT2D eigenvalue weighted by Crippen LogP contribution is 2.36. The molecule has 2 aromatic rings. The van der Waals surface area contributed by atoms with E-state index in [0.717, 1.165) is 42.7 Å². The van der Waals surface area contributed by atoms with Crippen LogP contribution in [-0.2, 0) is 11.2 Å². The smallest absolute Gasteiger partial charge is 0.220 e. The number of carbonyl (C=O) groups is 2. The van der Waals surface area contributed by atoms with Crippen LogP contribution in [0.5, 0.6) is 0 Å². The average molecular weight is 441 g/mol. The number of ketones is 1. The van der Waals surface area contributed by atoms with Crippen LogP contribution < -0.4 is 5.32 Å². The SMILES string of the molecule is CN(C)C1(Cc2cccc(Cl)c2)CCC(NC(=O)CCCC(=O)c2ccccc2)CC1. The van der Waals surface area contributed by atoms with Crippen molar-refractivity contribution in [1.29, 1.82) is 0 Å². The number of nitrogens with one attached hydrogen (secondary N) is 1. The summed E-state index contributed by atoms with van der Waals surface area (Å²) in [6.07, 6.45) is 6.35. The molecule has 0 unspecified atom stereocenters. The number of halogens is 1. The summed E-state index contributed by atoms with van der Waals surface area (Å²) in [6.45, 7) is 0. The van der Waals surface area contributed by atoms with E-state index >= 15 is 0 Å². The molecule has 4 nitrogen and oxygen atoms in total. The molecule has 1 N–H and O–H groups in total. The minimum absolute atomic E-state index is 0.0538. The largest absolute Gasteiger partial charge is 0.353 e. The van der Waals surface area contributed by atoms with Gasteiger partial charge in [-0.25, -0.2) is 0 Å². The van der Waals surface area contributed by atoms with Crippen molar-refractivity contribution in [3.05, 3.63) is 70.7 Å². The first-order chi connectivity index (χ1) is 14.9. The molecule has 0 atom stereocenters. The number of nitrogens with zero attached hydrogens (tertiary/aromatic N) is 1. The Bertz CT molecular complexity index is 874. The lowest BCUT2D eigenvalue weighted by Crippen LogP contribution is -2.52. The van der Waals surface area contributed by atoms with Crippen LogP contribution in [0.25, 0.3) is 0 Å². The lowest BCUT2D eigenvalue weighted by atomic mass is 9.75. The van der Waals surface area contributed by atoms with Crippen molar-refractivity contribution in [3.63, 3.8) is 0 Å². The topological polar surface area (TPSA) is 49.4 Å². The van der Waals surface area contributed by atoms with E-state index in [-0.39, 0.29) is 23.3 Å². The van der Waals surface area contributed by atoms with Crippen LogP contribution in [0.15, 0.2) is 54.6 Å². The number of rotatable bonds is 9. The number of Topliss-reactive ketones (excluding diaryl/α,β-unsaturated/α-hetero) is 1. The van der Waals surface area contributed by atoms with E-state index in [4.69, 9.17) is 11.6 Å². The number of benzene rings is 2. The second kappa shape index (κ2) is 10.9. The molecule has 1 aliphatic rings. The van der Waals surface area contributed by atoms with Crippen LogP contribution in [0.3, 0.4) is 0 Å². The summed E-state index contributed by atoms with van der Waals surface area (Å²) in [6, 6.07) is 17.6. The molecule has 1 aliphatic carbocycles. The minimum Gasteiger partial charge on any atom is -0.353 e. The number of likely N-dealkylation sites (N-methyl/N-ethyl adjacent to an activating group) is 1. The monoisotopic (exact) mass is 440 g/mol. The maximum absolute atomic E-state index is 12.4. The molecule has 0 heterocycles. The molecule has 0 bridgehead atoms. The summed E-state index contributed by atoms with van der Waals surface area (Å²) in [5.41, 5.74) is 2.07. The maximum atomic E-state index is 12.4. The molecule has 0 saturated heterocycles. The number of hydrogen-bond donors (Lipinski definition) is 1. The van der Waals surface area contributed by atoms with Crippen LogP contribution in [0.2, 0.25) is 5.02 Å². The van der Waals surface area contributed by atoms with Gasteiger partial charge in [-0.2, -0.15) is 0 Å². The first kappa shape index (κ1) is 23.5. The molecule has 0 aliphatic heterocycles. The molecule has 2 aromatic carbocycles. The fourth-order valence-electron chi connectivity index (χ4n) is 4.59. The molecule has 0 radical (unpaired) electrons. The molecule has 5 heteroatoms. The van der Waals surface area contributed by atoms with Crippen molar-refractivity contribution < 1.29 is 9.59 Å². The summed E-state index contributed by atoms with van der Waals surface area (Å²) >= 11 is 6.18. The lowest BCUT2D eigenvalue weighted by Gasteiger charge is -2.45. The van der Waals surface area contributed by atoms with Gasteiger partial charge in [0.05, 0.1) is 0 Å². The van der Waals surface area contributed by atoms with E-state index in [1.54, 1.807) is 0 Å². The number of amides is 1. The second-order valence-electron chi connectivity index (χ2n) is 8.91. The van der Waals surface area contributed by atoms with Gasteiger partial charge in [0, 0.05) is 35.0 Å². The van der Waals surface area contributed by atoms with Crippen molar-refractivity contribution in [2.45, 2.75) is 62.9 Å². The second-order valence-corrected chi connectivity index (χ2v) is 9.35. The predicted molar refractivity (Wildman–Crippen MR) is 127 cm³/mol. The fraction of sp³-hybridized carbons (Fsp3) is 0.462. The van der Waals surface area contributed by atoms with Gasteiger partial charge in [0.1, 0.15) is 0 Å². The van der Waals surface area contributed by atoms with E-state index in [1.807, 2.05) is 42.5 Å². The van der Waals surface area contributed by atoms with Gasteiger partial charge < -0.3 is 10.2 Å². The van der Waals surface area contributed by atoms with E-state index in [9.17, 15) is 9.59 Å². The maximum Gasteiger partial charge on any atom is 0.220 e. The Labute approximate surface area is 191 Å². The molecule has 0 spiro atoms. The van der Waals surface area contributed by atoms with Crippen molar-refractivity contribution in [2.24, 2.45) is 0 Å². The first-order valence-corrected chi connectivity index (χ1v) is 11.6. The third kappa shape index (κ3) is 6.65. The third-order valence-electron chi connectivity index (χ3n) is 6.56. The highest BCUT2D eigenvalue weighted by Gasteiger charge is 2.37. The fourth-order valence-corrected chi connectivity index (χ4v) is 4.80. The molecule has 3 rings (SSSR count). The highest BCUT2D eigenvalue weighted by atomic mass is 35.5. The van der Waals surface area contributed by atoms with Gasteiger partial charge in [0.2, 0.25) is 5.91 Å². The van der Waals surface area contributed by atoms with Gasteiger partial charge in [0.15, 0.2) is 5.78 Å². The lowest BCUT2D eigenvalue weighted by molar-refractivity contribution is -0.122. The normalized spacial score (nSPS) is 21.1. The molecule has 0 aromatic heterocycles. The standard InChI is InChI=1S/C26H33ClN2O2/c1-29(2)26(19-20-8-6-11-22(27)18-20)16-14-23(15-17-26)28-25(31)13-7-12-24(30)21-9-4-3-5-10-21/h3-6,8-11,18,23H,7,12-17,19H2,1-2H3,(H,28,31). The Morgan fingerprint density at radius 3 is 2.39 bits per heavy atom. The molecular formula is C26H33ClN2O2. The molecule has 1 saturated carbocycles. The highest BCUT2D eigenvalue weighted by molar-refractivity contribution is 6.30. The van der Waals surface area contributed by atoms with Crippen molar-refractivity contribution in [1.82, 2.24) is 10.2 Å². The van der Waals surface area contributed by atoms with E-state index in [0.29, 0.717) is 19.3 Å². The Hall–Kier alpha value is -2.17. The zero-order valence-corrected chi connectivity index (χ0v) is 19.3. The van der Waals surface area contributed by atoms with Gasteiger partial charge >= 0.3 is 0 Å². The molecule has 31 heavy (non-hydrogen) atoms. The predicted octanol–water partition coefficient (Wildman–Crippen LogP) is 5.29. The summed E-state index contributed by atoms with van der Waals surface area (Å²) in [7, 11) is 4.29. The minimum atomic E-state index is 0.0538. The Balaban J connectivity index is 1.44. The quantitative estimate of drug-likeness (QED) is 0.538. The zero-order valence-electron chi connectivity index (χ0n) is 18.6. The summed E-state index contributed by atoms with van der Waals surface area (Å²) in [4.78, 5) is 26.9. The van der Waals surface area contributed by atoms with Gasteiger partial charge in [-0.1, -0.05) is 54.1 Å².